The standard InChI is InChI=1S/C15H24N4O2S/c1-22-15-18-13(20-11-6-2-4-8-16-11)10-14(19-15)21-12-7-3-5-9-17-12/h10-12,16-17H,2-9H2,1H3. The molecular weight excluding hydrogens is 300 g/mol. The zero-order chi connectivity index (χ0) is 15.2. The fourth-order valence-corrected chi connectivity index (χ4v) is 3.09. The Bertz CT molecular complexity index is 438. The highest BCUT2D eigenvalue weighted by Gasteiger charge is 2.18. The molecule has 7 heteroatoms. The lowest BCUT2D eigenvalue weighted by molar-refractivity contribution is 0.114. The normalized spacial score (nSPS) is 25.7. The molecule has 2 aliphatic heterocycles. The molecule has 0 bridgehead atoms. The Kier molecular flexibility index (Phi) is 5.75. The lowest BCUT2D eigenvalue weighted by Crippen LogP contribution is -2.39. The highest BCUT2D eigenvalue weighted by molar-refractivity contribution is 7.98. The van der Waals surface area contributed by atoms with Crippen molar-refractivity contribution in [1.29, 1.82) is 0 Å². The smallest absolute Gasteiger partial charge is 0.222 e. The molecule has 3 heterocycles. The molecule has 0 spiro atoms. The second kappa shape index (κ2) is 7.99. The van der Waals surface area contributed by atoms with Crippen molar-refractivity contribution < 1.29 is 9.47 Å². The Hall–Kier alpha value is -1.05. The number of hydrogen-bond acceptors (Lipinski definition) is 7. The summed E-state index contributed by atoms with van der Waals surface area (Å²) in [6.07, 6.45) is 8.86. The predicted octanol–water partition coefficient (Wildman–Crippen LogP) is 2.16. The van der Waals surface area contributed by atoms with Crippen molar-refractivity contribution in [3.8, 4) is 11.8 Å². The van der Waals surface area contributed by atoms with Crippen LogP contribution in [0.25, 0.3) is 0 Å². The zero-order valence-electron chi connectivity index (χ0n) is 13.0. The number of hydrogen-bond donors (Lipinski definition) is 2. The summed E-state index contributed by atoms with van der Waals surface area (Å²) in [5, 5.41) is 7.41. The van der Waals surface area contributed by atoms with E-state index in [9.17, 15) is 0 Å². The summed E-state index contributed by atoms with van der Waals surface area (Å²) < 4.78 is 11.9. The summed E-state index contributed by atoms with van der Waals surface area (Å²) in [7, 11) is 0. The van der Waals surface area contributed by atoms with Crippen molar-refractivity contribution in [2.45, 2.75) is 56.1 Å². The van der Waals surface area contributed by atoms with Gasteiger partial charge in [0.25, 0.3) is 0 Å². The van der Waals surface area contributed by atoms with Crippen LogP contribution >= 0.6 is 11.8 Å². The van der Waals surface area contributed by atoms with E-state index in [0.29, 0.717) is 16.9 Å². The summed E-state index contributed by atoms with van der Waals surface area (Å²) in [6, 6.07) is 1.80. The van der Waals surface area contributed by atoms with Crippen LogP contribution in [0, 0.1) is 0 Å². The van der Waals surface area contributed by atoms with E-state index in [0.717, 1.165) is 25.9 Å². The largest absolute Gasteiger partial charge is 0.458 e. The molecule has 3 rings (SSSR count). The van der Waals surface area contributed by atoms with E-state index < -0.39 is 0 Å². The highest BCUT2D eigenvalue weighted by atomic mass is 32.2. The van der Waals surface area contributed by atoms with Crippen molar-refractivity contribution in [3.05, 3.63) is 6.07 Å². The van der Waals surface area contributed by atoms with Crippen LogP contribution in [0.2, 0.25) is 0 Å². The minimum Gasteiger partial charge on any atom is -0.458 e. The maximum Gasteiger partial charge on any atom is 0.222 e. The van der Waals surface area contributed by atoms with Gasteiger partial charge in [-0.1, -0.05) is 11.8 Å². The first-order valence-corrected chi connectivity index (χ1v) is 9.29. The number of ether oxygens (including phenoxy) is 2. The number of nitrogens with one attached hydrogen (secondary N) is 2. The molecule has 122 valence electrons. The van der Waals surface area contributed by atoms with Gasteiger partial charge in [-0.25, -0.2) is 0 Å². The lowest BCUT2D eigenvalue weighted by atomic mass is 10.1. The molecule has 0 aromatic carbocycles. The van der Waals surface area contributed by atoms with Gasteiger partial charge in [0.1, 0.15) is 0 Å². The molecule has 1 aromatic heterocycles. The third-order valence-electron chi connectivity index (χ3n) is 3.90. The number of nitrogens with zero attached hydrogens (tertiary/aromatic N) is 2. The molecular formula is C15H24N4O2S. The van der Waals surface area contributed by atoms with E-state index in [2.05, 4.69) is 20.6 Å². The maximum absolute atomic E-state index is 5.95. The van der Waals surface area contributed by atoms with Gasteiger partial charge in [-0.3, -0.25) is 10.6 Å². The Morgan fingerprint density at radius 3 is 1.91 bits per heavy atom. The first-order chi connectivity index (χ1) is 10.8. The molecule has 2 N–H and O–H groups in total. The number of rotatable bonds is 5. The van der Waals surface area contributed by atoms with Crippen LogP contribution in [0.3, 0.4) is 0 Å². The molecule has 6 nitrogen and oxygen atoms in total. The summed E-state index contributed by atoms with van der Waals surface area (Å²) in [5.41, 5.74) is 0. The van der Waals surface area contributed by atoms with Crippen LogP contribution in [0.1, 0.15) is 38.5 Å². The molecule has 22 heavy (non-hydrogen) atoms. The molecule has 0 aliphatic carbocycles. The first kappa shape index (κ1) is 15.8. The van der Waals surface area contributed by atoms with Gasteiger partial charge >= 0.3 is 0 Å². The van der Waals surface area contributed by atoms with E-state index >= 15 is 0 Å². The van der Waals surface area contributed by atoms with Gasteiger partial charge in [0.05, 0.1) is 6.07 Å². The molecule has 2 unspecified atom stereocenters. The summed E-state index contributed by atoms with van der Waals surface area (Å²) in [6.45, 7) is 2.00. The van der Waals surface area contributed by atoms with Gasteiger partial charge in [-0.2, -0.15) is 9.97 Å². The molecule has 2 aliphatic rings. The highest BCUT2D eigenvalue weighted by Crippen LogP contribution is 2.24. The van der Waals surface area contributed by atoms with Crippen molar-refractivity contribution in [1.82, 2.24) is 20.6 Å². The quantitative estimate of drug-likeness (QED) is 0.635. The predicted molar refractivity (Wildman–Crippen MR) is 86.4 cm³/mol. The molecule has 0 saturated carbocycles. The number of piperidine rings is 2. The Balaban J connectivity index is 1.67. The monoisotopic (exact) mass is 324 g/mol. The minimum atomic E-state index is 0.0408. The van der Waals surface area contributed by atoms with Crippen LogP contribution in [-0.2, 0) is 0 Å². The lowest BCUT2D eigenvalue weighted by Gasteiger charge is -2.25. The van der Waals surface area contributed by atoms with Gasteiger partial charge < -0.3 is 9.47 Å². The van der Waals surface area contributed by atoms with Crippen molar-refractivity contribution in [2.24, 2.45) is 0 Å². The second-order valence-electron chi connectivity index (χ2n) is 5.64. The van der Waals surface area contributed by atoms with E-state index in [1.165, 1.54) is 37.4 Å². The van der Waals surface area contributed by atoms with E-state index in [4.69, 9.17) is 9.47 Å². The van der Waals surface area contributed by atoms with Gasteiger partial charge in [0, 0.05) is 0 Å². The summed E-state index contributed by atoms with van der Waals surface area (Å²) >= 11 is 1.50. The second-order valence-corrected chi connectivity index (χ2v) is 6.42. The van der Waals surface area contributed by atoms with Gasteiger partial charge in [0.15, 0.2) is 17.6 Å². The van der Waals surface area contributed by atoms with Gasteiger partial charge in [-0.15, -0.1) is 0 Å². The Morgan fingerprint density at radius 1 is 0.955 bits per heavy atom. The molecule has 2 atom stereocenters. The minimum absolute atomic E-state index is 0.0408. The Morgan fingerprint density at radius 2 is 1.50 bits per heavy atom. The van der Waals surface area contributed by atoms with Crippen LogP contribution in [0.4, 0.5) is 0 Å². The molecule has 1 aromatic rings. The van der Waals surface area contributed by atoms with Crippen LogP contribution in [0.5, 0.6) is 11.8 Å². The number of aromatic nitrogens is 2. The van der Waals surface area contributed by atoms with E-state index in [1.54, 1.807) is 6.07 Å². The van der Waals surface area contributed by atoms with Gasteiger partial charge in [0.2, 0.25) is 11.8 Å². The summed E-state index contributed by atoms with van der Waals surface area (Å²) in [4.78, 5) is 8.86. The number of thioether (sulfide) groups is 1. The molecule has 2 fully saturated rings. The van der Waals surface area contributed by atoms with Crippen molar-refractivity contribution in [3.63, 3.8) is 0 Å². The SMILES string of the molecule is CSc1nc(OC2CCCCN2)cc(OC2CCCCN2)n1. The Labute approximate surface area is 135 Å². The van der Waals surface area contributed by atoms with Crippen molar-refractivity contribution in [2.75, 3.05) is 19.3 Å². The molecule has 0 radical (unpaired) electrons. The van der Waals surface area contributed by atoms with Crippen LogP contribution < -0.4 is 20.1 Å². The zero-order valence-corrected chi connectivity index (χ0v) is 13.8. The third-order valence-corrected chi connectivity index (χ3v) is 4.45. The van der Waals surface area contributed by atoms with Crippen LogP contribution in [0.15, 0.2) is 11.2 Å². The summed E-state index contributed by atoms with van der Waals surface area (Å²) in [5.74, 6) is 1.18. The third kappa shape index (κ3) is 4.47. The average molecular weight is 324 g/mol. The topological polar surface area (TPSA) is 68.3 Å². The van der Waals surface area contributed by atoms with Gasteiger partial charge in [-0.05, 0) is 57.9 Å². The van der Waals surface area contributed by atoms with Crippen LogP contribution in [-0.4, -0.2) is 41.8 Å². The van der Waals surface area contributed by atoms with E-state index in [1.807, 2.05) is 6.26 Å². The fourth-order valence-electron chi connectivity index (χ4n) is 2.73. The molecule has 0 amide bonds. The average Bonchev–Trinajstić information content (AvgIpc) is 2.56. The maximum atomic E-state index is 5.95. The van der Waals surface area contributed by atoms with E-state index in [-0.39, 0.29) is 12.5 Å². The first-order valence-electron chi connectivity index (χ1n) is 8.06. The van der Waals surface area contributed by atoms with Crippen molar-refractivity contribution >= 4 is 11.8 Å². The molecule has 2 saturated heterocycles. The fraction of sp³-hybridized carbons (Fsp3) is 0.733.